The van der Waals surface area contributed by atoms with E-state index in [1.165, 1.54) is 5.57 Å². The monoisotopic (exact) mass is 228 g/mol. The Morgan fingerprint density at radius 3 is 2.44 bits per heavy atom. The van der Waals surface area contributed by atoms with Gasteiger partial charge in [0.25, 0.3) is 6.47 Å². The number of rotatable bonds is 7. The van der Waals surface area contributed by atoms with Crippen molar-refractivity contribution in [2.24, 2.45) is 11.3 Å². The summed E-state index contributed by atoms with van der Waals surface area (Å²) in [6.45, 7) is 10.7. The highest BCUT2D eigenvalue weighted by molar-refractivity contribution is 5.36. The Bertz CT molecular complexity index is 240. The minimum atomic E-state index is -0.483. The largest absolute Gasteiger partial charge is 0.468 e. The van der Waals surface area contributed by atoms with Crippen molar-refractivity contribution < 1.29 is 14.6 Å². The van der Waals surface area contributed by atoms with E-state index in [0.717, 1.165) is 6.42 Å². The summed E-state index contributed by atoms with van der Waals surface area (Å²) in [5.74, 6) is -0.0502. The van der Waals surface area contributed by atoms with E-state index in [1.54, 1.807) is 0 Å². The van der Waals surface area contributed by atoms with Gasteiger partial charge >= 0.3 is 0 Å². The number of allylic oxidation sites excluding steroid dienone is 2. The molecule has 0 fully saturated rings. The van der Waals surface area contributed by atoms with Gasteiger partial charge in [0, 0.05) is 5.92 Å². The molecule has 0 saturated carbocycles. The molecule has 0 aliphatic heterocycles. The standard InChI is InChI=1S/C13H24O3/c1-10(2)6-7-13(4,5)12(15)11(3)8-16-9-14/h6,9,11-12,15H,7-8H2,1-5H3. The Kier molecular flexibility index (Phi) is 6.34. The molecule has 16 heavy (non-hydrogen) atoms. The van der Waals surface area contributed by atoms with E-state index >= 15 is 0 Å². The van der Waals surface area contributed by atoms with E-state index < -0.39 is 6.10 Å². The fourth-order valence-corrected chi connectivity index (χ4v) is 1.64. The molecule has 2 unspecified atom stereocenters. The second-order valence-electron chi connectivity index (χ2n) is 5.33. The van der Waals surface area contributed by atoms with E-state index in [0.29, 0.717) is 6.47 Å². The van der Waals surface area contributed by atoms with Crippen LogP contribution in [0.3, 0.4) is 0 Å². The van der Waals surface area contributed by atoms with E-state index in [2.05, 4.69) is 10.8 Å². The SMILES string of the molecule is CC(C)=CCC(C)(C)C(O)C(C)COC=O. The average Bonchev–Trinajstić information content (AvgIpc) is 2.22. The second kappa shape index (κ2) is 6.69. The molecule has 0 heterocycles. The molecule has 1 N–H and O–H groups in total. The first kappa shape index (κ1) is 15.2. The van der Waals surface area contributed by atoms with Crippen LogP contribution in [0.25, 0.3) is 0 Å². The van der Waals surface area contributed by atoms with Crippen LogP contribution in [0, 0.1) is 11.3 Å². The molecular weight excluding hydrogens is 204 g/mol. The van der Waals surface area contributed by atoms with Crippen LogP contribution >= 0.6 is 0 Å². The van der Waals surface area contributed by atoms with Gasteiger partial charge in [0.1, 0.15) is 0 Å². The zero-order valence-electron chi connectivity index (χ0n) is 11.0. The van der Waals surface area contributed by atoms with Crippen LogP contribution in [-0.2, 0) is 9.53 Å². The predicted octanol–water partition coefficient (Wildman–Crippen LogP) is 2.54. The summed E-state index contributed by atoms with van der Waals surface area (Å²) in [5, 5.41) is 10.2. The van der Waals surface area contributed by atoms with E-state index in [9.17, 15) is 9.90 Å². The molecule has 0 amide bonds. The number of hydrogen-bond donors (Lipinski definition) is 1. The molecule has 0 radical (unpaired) electrons. The molecule has 0 aromatic heterocycles. The van der Waals surface area contributed by atoms with Crippen molar-refractivity contribution in [3.8, 4) is 0 Å². The lowest BCUT2D eigenvalue weighted by atomic mass is 9.77. The van der Waals surface area contributed by atoms with Crippen LogP contribution in [-0.4, -0.2) is 24.3 Å². The normalized spacial score (nSPS) is 15.1. The molecule has 0 aromatic rings. The number of carbonyl (C=O) groups is 1. The number of ether oxygens (including phenoxy) is 1. The Labute approximate surface area is 98.5 Å². The highest BCUT2D eigenvalue weighted by Crippen LogP contribution is 2.30. The highest BCUT2D eigenvalue weighted by Gasteiger charge is 2.31. The van der Waals surface area contributed by atoms with E-state index in [1.807, 2.05) is 34.6 Å². The van der Waals surface area contributed by atoms with E-state index in [4.69, 9.17) is 0 Å². The van der Waals surface area contributed by atoms with Crippen LogP contribution in [0.4, 0.5) is 0 Å². The molecule has 0 aliphatic rings. The van der Waals surface area contributed by atoms with Gasteiger partial charge in [0.2, 0.25) is 0 Å². The van der Waals surface area contributed by atoms with Gasteiger partial charge in [-0.15, -0.1) is 0 Å². The maximum Gasteiger partial charge on any atom is 0.293 e. The molecule has 2 atom stereocenters. The summed E-state index contributed by atoms with van der Waals surface area (Å²) in [6, 6.07) is 0. The molecule has 3 heteroatoms. The third-order valence-electron chi connectivity index (χ3n) is 2.80. The summed E-state index contributed by atoms with van der Waals surface area (Å²) >= 11 is 0. The number of aliphatic hydroxyl groups excluding tert-OH is 1. The Morgan fingerprint density at radius 1 is 1.44 bits per heavy atom. The first-order valence-electron chi connectivity index (χ1n) is 5.68. The summed E-state index contributed by atoms with van der Waals surface area (Å²) in [4.78, 5) is 10.1. The molecular formula is C13H24O3. The van der Waals surface area contributed by atoms with Crippen LogP contribution in [0.15, 0.2) is 11.6 Å². The third kappa shape index (κ3) is 5.31. The van der Waals surface area contributed by atoms with Crippen LogP contribution in [0.5, 0.6) is 0 Å². The average molecular weight is 228 g/mol. The van der Waals surface area contributed by atoms with Crippen LogP contribution < -0.4 is 0 Å². The highest BCUT2D eigenvalue weighted by atomic mass is 16.5. The van der Waals surface area contributed by atoms with Crippen molar-refractivity contribution in [3.63, 3.8) is 0 Å². The fourth-order valence-electron chi connectivity index (χ4n) is 1.64. The van der Waals surface area contributed by atoms with E-state index in [-0.39, 0.29) is 17.9 Å². The minimum Gasteiger partial charge on any atom is -0.468 e. The molecule has 0 aromatic carbocycles. The first-order chi connectivity index (χ1) is 7.31. The maximum atomic E-state index is 10.2. The van der Waals surface area contributed by atoms with Gasteiger partial charge in [0.05, 0.1) is 12.7 Å². The summed E-state index contributed by atoms with van der Waals surface area (Å²) in [6.07, 6.45) is 2.46. The Morgan fingerprint density at radius 2 is 2.00 bits per heavy atom. The number of hydrogen-bond acceptors (Lipinski definition) is 3. The van der Waals surface area contributed by atoms with Crippen molar-refractivity contribution in [3.05, 3.63) is 11.6 Å². The summed E-state index contributed by atoms with van der Waals surface area (Å²) < 4.78 is 4.68. The zero-order valence-corrected chi connectivity index (χ0v) is 11.0. The Balaban J connectivity index is 4.36. The third-order valence-corrected chi connectivity index (χ3v) is 2.80. The van der Waals surface area contributed by atoms with Crippen molar-refractivity contribution in [2.45, 2.75) is 47.1 Å². The number of carbonyl (C=O) groups excluding carboxylic acids is 1. The molecule has 0 aliphatic carbocycles. The van der Waals surface area contributed by atoms with Crippen LogP contribution in [0.2, 0.25) is 0 Å². The number of aliphatic hydroxyl groups is 1. The molecule has 0 spiro atoms. The molecule has 0 saturated heterocycles. The summed E-state index contributed by atoms with van der Waals surface area (Å²) in [5.41, 5.74) is 1.04. The van der Waals surface area contributed by atoms with Crippen molar-refractivity contribution in [2.75, 3.05) is 6.61 Å². The molecule has 0 bridgehead atoms. The lowest BCUT2D eigenvalue weighted by molar-refractivity contribution is -0.132. The van der Waals surface area contributed by atoms with Gasteiger partial charge in [-0.1, -0.05) is 32.4 Å². The zero-order chi connectivity index (χ0) is 12.8. The maximum absolute atomic E-state index is 10.2. The quantitative estimate of drug-likeness (QED) is 0.538. The molecule has 94 valence electrons. The Hall–Kier alpha value is -0.830. The van der Waals surface area contributed by atoms with Crippen molar-refractivity contribution in [1.82, 2.24) is 0 Å². The second-order valence-corrected chi connectivity index (χ2v) is 5.33. The first-order valence-corrected chi connectivity index (χ1v) is 5.68. The lowest BCUT2D eigenvalue weighted by Crippen LogP contribution is -2.36. The van der Waals surface area contributed by atoms with Gasteiger partial charge in [0.15, 0.2) is 0 Å². The minimum absolute atomic E-state index is 0.0502. The van der Waals surface area contributed by atoms with Gasteiger partial charge in [-0.3, -0.25) is 4.79 Å². The predicted molar refractivity (Wildman–Crippen MR) is 65.0 cm³/mol. The van der Waals surface area contributed by atoms with Gasteiger partial charge in [-0.05, 0) is 25.7 Å². The molecule has 0 rings (SSSR count). The smallest absolute Gasteiger partial charge is 0.293 e. The summed E-state index contributed by atoms with van der Waals surface area (Å²) in [7, 11) is 0. The molecule has 3 nitrogen and oxygen atoms in total. The van der Waals surface area contributed by atoms with Gasteiger partial charge < -0.3 is 9.84 Å². The lowest BCUT2D eigenvalue weighted by Gasteiger charge is -2.33. The van der Waals surface area contributed by atoms with Crippen molar-refractivity contribution >= 4 is 6.47 Å². The van der Waals surface area contributed by atoms with Crippen LogP contribution in [0.1, 0.15) is 41.0 Å². The fraction of sp³-hybridized carbons (Fsp3) is 0.769. The van der Waals surface area contributed by atoms with Gasteiger partial charge in [-0.25, -0.2) is 0 Å². The van der Waals surface area contributed by atoms with Crippen molar-refractivity contribution in [1.29, 1.82) is 0 Å². The van der Waals surface area contributed by atoms with Gasteiger partial charge in [-0.2, -0.15) is 0 Å². The topological polar surface area (TPSA) is 46.5 Å².